The van der Waals surface area contributed by atoms with Crippen LogP contribution in [0.2, 0.25) is 0 Å². The topological polar surface area (TPSA) is 37.3 Å². The number of allylic oxidation sites excluding steroid dienone is 4. The third-order valence-electron chi connectivity index (χ3n) is 3.15. The number of rotatable bonds is 6. The fraction of sp³-hybridized carbons (Fsp3) is 0.562. The van der Waals surface area contributed by atoms with Crippen LogP contribution in [0.5, 0.6) is 0 Å². The van der Waals surface area contributed by atoms with E-state index >= 15 is 0 Å². The zero-order valence-corrected chi connectivity index (χ0v) is 12.7. The van der Waals surface area contributed by atoms with E-state index in [0.29, 0.717) is 5.57 Å². The van der Waals surface area contributed by atoms with Gasteiger partial charge in [0, 0.05) is 5.57 Å². The van der Waals surface area contributed by atoms with Crippen LogP contribution in [0.15, 0.2) is 36.0 Å². The highest BCUT2D eigenvalue weighted by molar-refractivity contribution is 5.98. The molecule has 0 saturated heterocycles. The zero-order chi connectivity index (χ0) is 14.8. The van der Waals surface area contributed by atoms with Crippen LogP contribution in [0.4, 0.5) is 0 Å². The molecule has 0 spiro atoms. The molecule has 0 aliphatic carbocycles. The Balaban J connectivity index is 0. The lowest BCUT2D eigenvalue weighted by Crippen LogP contribution is -2.11. The summed E-state index contributed by atoms with van der Waals surface area (Å²) in [7, 11) is 0. The summed E-state index contributed by atoms with van der Waals surface area (Å²) in [5.41, 5.74) is 1.79. The molecule has 0 atom stereocenters. The van der Waals surface area contributed by atoms with Crippen molar-refractivity contribution in [1.82, 2.24) is 0 Å². The Morgan fingerprint density at radius 1 is 1.28 bits per heavy atom. The van der Waals surface area contributed by atoms with E-state index in [1.54, 1.807) is 6.08 Å². The third-order valence-corrected chi connectivity index (χ3v) is 3.15. The highest BCUT2D eigenvalue weighted by Crippen LogP contribution is 2.29. The van der Waals surface area contributed by atoms with Crippen LogP contribution in [0.25, 0.3) is 0 Å². The number of carbonyl (C=O) groups excluding carboxylic acids is 1. The van der Waals surface area contributed by atoms with Crippen molar-refractivity contribution >= 4 is 5.78 Å². The minimum atomic E-state index is -0.470. The van der Waals surface area contributed by atoms with Gasteiger partial charge in [-0.2, -0.15) is 0 Å². The molecule has 0 rings (SSSR count). The Morgan fingerprint density at radius 3 is 2.11 bits per heavy atom. The monoisotopic (exact) mass is 252 g/mol. The normalized spacial score (nSPS) is 12.6. The number of hydrogen-bond acceptors (Lipinski definition) is 2. The summed E-state index contributed by atoms with van der Waals surface area (Å²) in [6, 6.07) is 0. The van der Waals surface area contributed by atoms with E-state index in [9.17, 15) is 4.79 Å². The van der Waals surface area contributed by atoms with Crippen molar-refractivity contribution in [2.45, 2.75) is 48.0 Å². The molecule has 18 heavy (non-hydrogen) atoms. The predicted octanol–water partition coefficient (Wildman–Crippen LogP) is 4.07. The number of Topliss-reactive ketones (excluding diaryl/α,β-unsaturated/α-hetero) is 1. The molecule has 2 nitrogen and oxygen atoms in total. The van der Waals surface area contributed by atoms with Crippen LogP contribution in [-0.2, 0) is 4.79 Å². The molecule has 2 heteroatoms. The summed E-state index contributed by atoms with van der Waals surface area (Å²) in [5, 5.41) is 8.75. The average Bonchev–Trinajstić information content (AvgIpc) is 2.40. The van der Waals surface area contributed by atoms with Crippen LogP contribution in [-0.4, -0.2) is 17.5 Å². The summed E-state index contributed by atoms with van der Waals surface area (Å²) in [6.45, 7) is 15.6. The lowest BCUT2D eigenvalue weighted by molar-refractivity contribution is -0.117. The minimum absolute atomic E-state index is 0.130. The molecule has 0 unspecified atom stereocenters. The first kappa shape index (κ1) is 19.2. The molecule has 0 saturated carbocycles. The first-order valence-electron chi connectivity index (χ1n) is 6.54. The maximum Gasteiger partial charge on any atom is 0.188 e. The lowest BCUT2D eigenvalue weighted by Gasteiger charge is -2.23. The van der Waals surface area contributed by atoms with Gasteiger partial charge in [-0.15, -0.1) is 0 Å². The molecule has 0 fully saturated rings. The van der Waals surface area contributed by atoms with Crippen molar-refractivity contribution in [3.63, 3.8) is 0 Å². The number of carbonyl (C=O) groups is 1. The SMILES string of the molecule is C=C/C(=C\C=C(/C)C(C)(C)CC)C(=O)CO.CC. The fourth-order valence-corrected chi connectivity index (χ4v) is 1.09. The summed E-state index contributed by atoms with van der Waals surface area (Å²) in [6.07, 6.45) is 6.16. The maximum absolute atomic E-state index is 11.3. The second kappa shape index (κ2) is 9.84. The summed E-state index contributed by atoms with van der Waals surface area (Å²) in [4.78, 5) is 11.3. The standard InChI is InChI=1S/C14H22O2.C2H6/c1-6-12(13(16)10-15)9-8-11(3)14(4,5)7-2;1-2/h6,8-9,15H,1,7,10H2,2-5H3;1-2H3/b11-8+,12-9+;. The molecule has 0 heterocycles. The van der Waals surface area contributed by atoms with Crippen LogP contribution in [0, 0.1) is 5.41 Å². The molecular formula is C16H28O2. The molecule has 0 aliphatic rings. The van der Waals surface area contributed by atoms with Crippen molar-refractivity contribution in [2.24, 2.45) is 5.41 Å². The molecule has 0 aliphatic heterocycles. The van der Waals surface area contributed by atoms with Gasteiger partial charge in [-0.3, -0.25) is 4.79 Å². The van der Waals surface area contributed by atoms with Crippen LogP contribution < -0.4 is 0 Å². The first-order chi connectivity index (χ1) is 8.38. The van der Waals surface area contributed by atoms with Gasteiger partial charge >= 0.3 is 0 Å². The van der Waals surface area contributed by atoms with Gasteiger partial charge in [0.25, 0.3) is 0 Å². The first-order valence-corrected chi connectivity index (χ1v) is 6.54. The fourth-order valence-electron chi connectivity index (χ4n) is 1.09. The van der Waals surface area contributed by atoms with E-state index in [2.05, 4.69) is 27.4 Å². The van der Waals surface area contributed by atoms with Gasteiger partial charge in [0.2, 0.25) is 0 Å². The number of aliphatic hydroxyl groups is 1. The van der Waals surface area contributed by atoms with E-state index in [1.807, 2.05) is 26.8 Å². The van der Waals surface area contributed by atoms with Crippen molar-refractivity contribution in [2.75, 3.05) is 6.61 Å². The van der Waals surface area contributed by atoms with Gasteiger partial charge in [0.1, 0.15) is 6.61 Å². The molecule has 0 radical (unpaired) electrons. The second-order valence-electron chi connectivity index (χ2n) is 4.49. The van der Waals surface area contributed by atoms with Gasteiger partial charge < -0.3 is 5.11 Å². The Kier molecular flexibility index (Phi) is 10.5. The molecule has 104 valence electrons. The highest BCUT2D eigenvalue weighted by Gasteiger charge is 2.16. The molecule has 0 amide bonds. The average molecular weight is 252 g/mol. The molecule has 0 aromatic carbocycles. The van der Waals surface area contributed by atoms with Crippen LogP contribution in [0.1, 0.15) is 48.0 Å². The molecule has 1 N–H and O–H groups in total. The van der Waals surface area contributed by atoms with E-state index in [0.717, 1.165) is 6.42 Å². The Morgan fingerprint density at radius 2 is 1.78 bits per heavy atom. The van der Waals surface area contributed by atoms with Gasteiger partial charge in [-0.05, 0) is 18.8 Å². The van der Waals surface area contributed by atoms with E-state index < -0.39 is 6.61 Å². The lowest BCUT2D eigenvalue weighted by atomic mass is 9.82. The number of ketones is 1. The van der Waals surface area contributed by atoms with Crippen LogP contribution >= 0.6 is 0 Å². The Bertz CT molecular complexity index is 320. The van der Waals surface area contributed by atoms with Crippen LogP contribution in [0.3, 0.4) is 0 Å². The van der Waals surface area contributed by atoms with Crippen molar-refractivity contribution < 1.29 is 9.90 Å². The van der Waals surface area contributed by atoms with Gasteiger partial charge in [0.05, 0.1) is 0 Å². The summed E-state index contributed by atoms with van der Waals surface area (Å²) >= 11 is 0. The van der Waals surface area contributed by atoms with E-state index in [-0.39, 0.29) is 11.2 Å². The van der Waals surface area contributed by atoms with Crippen molar-refractivity contribution in [3.05, 3.63) is 36.0 Å². The Hall–Kier alpha value is -1.15. The minimum Gasteiger partial charge on any atom is -0.388 e. The van der Waals surface area contributed by atoms with Gasteiger partial charge in [-0.25, -0.2) is 0 Å². The predicted molar refractivity (Wildman–Crippen MR) is 79.5 cm³/mol. The summed E-state index contributed by atoms with van der Waals surface area (Å²) in [5.74, 6) is -0.298. The van der Waals surface area contributed by atoms with E-state index in [4.69, 9.17) is 5.11 Å². The van der Waals surface area contributed by atoms with Gasteiger partial charge in [-0.1, -0.05) is 65.0 Å². The molecular weight excluding hydrogens is 224 g/mol. The second-order valence-corrected chi connectivity index (χ2v) is 4.49. The van der Waals surface area contributed by atoms with Gasteiger partial charge in [0.15, 0.2) is 5.78 Å². The Labute approximate surface area is 112 Å². The molecule has 0 aromatic heterocycles. The third kappa shape index (κ3) is 6.55. The number of aliphatic hydroxyl groups excluding tert-OH is 1. The number of hydrogen-bond donors (Lipinski definition) is 1. The van der Waals surface area contributed by atoms with E-state index in [1.165, 1.54) is 11.6 Å². The summed E-state index contributed by atoms with van der Waals surface area (Å²) < 4.78 is 0. The van der Waals surface area contributed by atoms with Crippen molar-refractivity contribution in [1.29, 1.82) is 0 Å². The molecule has 0 bridgehead atoms. The maximum atomic E-state index is 11.3. The molecule has 0 aromatic rings. The highest BCUT2D eigenvalue weighted by atomic mass is 16.3. The quantitative estimate of drug-likeness (QED) is 0.571. The zero-order valence-electron chi connectivity index (χ0n) is 12.7. The van der Waals surface area contributed by atoms with Crippen molar-refractivity contribution in [3.8, 4) is 0 Å². The largest absolute Gasteiger partial charge is 0.388 e. The smallest absolute Gasteiger partial charge is 0.188 e.